The van der Waals surface area contributed by atoms with Crippen molar-refractivity contribution in [3.05, 3.63) is 50.6 Å². The zero-order valence-electron chi connectivity index (χ0n) is 10.0. The highest BCUT2D eigenvalue weighted by Gasteiger charge is 2.05. The quantitative estimate of drug-likeness (QED) is 0.813. The van der Waals surface area contributed by atoms with Crippen LogP contribution in [0.3, 0.4) is 0 Å². The fourth-order valence-corrected chi connectivity index (χ4v) is 3.18. The van der Waals surface area contributed by atoms with Crippen LogP contribution in [0.2, 0.25) is 0 Å². The third kappa shape index (κ3) is 3.33. The minimum Gasteiger partial charge on any atom is -0.380 e. The molecule has 1 N–H and O–H groups in total. The van der Waals surface area contributed by atoms with Crippen molar-refractivity contribution in [1.82, 2.24) is 0 Å². The summed E-state index contributed by atoms with van der Waals surface area (Å²) in [5, 5.41) is 5.63. The summed E-state index contributed by atoms with van der Waals surface area (Å²) < 4.78 is 1.16. The molecule has 1 aromatic heterocycles. The van der Waals surface area contributed by atoms with Gasteiger partial charge in [-0.15, -0.1) is 11.3 Å². The van der Waals surface area contributed by atoms with Gasteiger partial charge in [0.25, 0.3) is 0 Å². The minimum atomic E-state index is 0.550. The maximum Gasteiger partial charge on any atom is 0.0494 e. The first-order valence-electron chi connectivity index (χ1n) is 5.72. The van der Waals surface area contributed by atoms with Crippen molar-refractivity contribution >= 4 is 33.0 Å². The highest BCUT2D eigenvalue weighted by Crippen LogP contribution is 2.25. The molecule has 0 radical (unpaired) electrons. The summed E-state index contributed by atoms with van der Waals surface area (Å²) in [4.78, 5) is 1.34. The third-order valence-electron chi connectivity index (χ3n) is 2.66. The van der Waals surface area contributed by atoms with Crippen molar-refractivity contribution in [3.8, 4) is 0 Å². The van der Waals surface area contributed by atoms with E-state index in [1.165, 1.54) is 16.1 Å². The fourth-order valence-electron chi connectivity index (χ4n) is 1.79. The molecule has 0 fully saturated rings. The van der Waals surface area contributed by atoms with Gasteiger partial charge in [0.1, 0.15) is 0 Å². The lowest BCUT2D eigenvalue weighted by Gasteiger charge is -2.13. The van der Waals surface area contributed by atoms with E-state index < -0.39 is 0 Å². The molecule has 0 aliphatic heterocycles. The van der Waals surface area contributed by atoms with E-state index in [0.717, 1.165) is 11.0 Å². The van der Waals surface area contributed by atoms with Crippen LogP contribution in [-0.4, -0.2) is 0 Å². The van der Waals surface area contributed by atoms with E-state index in [0.29, 0.717) is 5.92 Å². The Hall–Kier alpha value is -0.800. The average Bonchev–Trinajstić information content (AvgIpc) is 2.73. The Kier molecular flexibility index (Phi) is 4.24. The van der Waals surface area contributed by atoms with Crippen molar-refractivity contribution < 1.29 is 0 Å². The number of anilines is 1. The lowest BCUT2D eigenvalue weighted by Crippen LogP contribution is -2.01. The summed E-state index contributed by atoms with van der Waals surface area (Å²) in [6.45, 7) is 5.34. The van der Waals surface area contributed by atoms with Gasteiger partial charge in [0, 0.05) is 27.0 Å². The number of rotatable bonds is 4. The molecule has 17 heavy (non-hydrogen) atoms. The molecule has 1 nitrogen and oxygen atoms in total. The van der Waals surface area contributed by atoms with Crippen LogP contribution in [0, 0.1) is 0 Å². The van der Waals surface area contributed by atoms with E-state index >= 15 is 0 Å². The SMILES string of the molecule is CC(C)c1ccccc1NCc1cc(Br)cs1. The van der Waals surface area contributed by atoms with E-state index in [-0.39, 0.29) is 0 Å². The second-order valence-corrected chi connectivity index (χ2v) is 6.24. The molecule has 0 aliphatic rings. The molecule has 1 heterocycles. The first kappa shape index (κ1) is 12.7. The van der Waals surface area contributed by atoms with Gasteiger partial charge in [-0.2, -0.15) is 0 Å². The van der Waals surface area contributed by atoms with E-state index in [1.807, 2.05) is 0 Å². The summed E-state index contributed by atoms with van der Waals surface area (Å²) in [5.41, 5.74) is 2.62. The number of benzene rings is 1. The average molecular weight is 310 g/mol. The molecule has 2 aromatic rings. The van der Waals surface area contributed by atoms with Gasteiger partial charge in [-0.05, 0) is 39.5 Å². The van der Waals surface area contributed by atoms with E-state index in [4.69, 9.17) is 0 Å². The molecule has 1 aromatic carbocycles. The normalized spacial score (nSPS) is 10.8. The Labute approximate surface area is 115 Å². The topological polar surface area (TPSA) is 12.0 Å². The van der Waals surface area contributed by atoms with Crippen LogP contribution in [0.4, 0.5) is 5.69 Å². The van der Waals surface area contributed by atoms with Gasteiger partial charge in [-0.3, -0.25) is 0 Å². The predicted molar refractivity (Wildman–Crippen MR) is 79.9 cm³/mol. The lowest BCUT2D eigenvalue weighted by atomic mass is 10.0. The van der Waals surface area contributed by atoms with Crippen LogP contribution in [-0.2, 0) is 6.54 Å². The largest absolute Gasteiger partial charge is 0.380 e. The highest BCUT2D eigenvalue weighted by atomic mass is 79.9. The molecule has 0 amide bonds. The fraction of sp³-hybridized carbons (Fsp3) is 0.286. The van der Waals surface area contributed by atoms with Gasteiger partial charge < -0.3 is 5.32 Å². The smallest absolute Gasteiger partial charge is 0.0494 e. The molecule has 0 saturated heterocycles. The van der Waals surface area contributed by atoms with Crippen LogP contribution in [0.5, 0.6) is 0 Å². The summed E-state index contributed by atoms with van der Waals surface area (Å²) >= 11 is 5.25. The number of hydrogen-bond acceptors (Lipinski definition) is 2. The van der Waals surface area contributed by atoms with Crippen molar-refractivity contribution in [2.75, 3.05) is 5.32 Å². The molecule has 0 saturated carbocycles. The molecule has 0 bridgehead atoms. The van der Waals surface area contributed by atoms with E-state index in [2.05, 4.69) is 70.8 Å². The van der Waals surface area contributed by atoms with Crippen molar-refractivity contribution in [2.45, 2.75) is 26.3 Å². The van der Waals surface area contributed by atoms with Crippen molar-refractivity contribution in [2.24, 2.45) is 0 Å². The maximum atomic E-state index is 3.51. The number of halogens is 1. The van der Waals surface area contributed by atoms with Gasteiger partial charge >= 0.3 is 0 Å². The molecular weight excluding hydrogens is 294 g/mol. The first-order valence-corrected chi connectivity index (χ1v) is 7.40. The number of nitrogens with one attached hydrogen (secondary N) is 1. The number of para-hydroxylation sites is 1. The predicted octanol–water partition coefficient (Wildman–Crippen LogP) is 5.25. The monoisotopic (exact) mass is 309 g/mol. The minimum absolute atomic E-state index is 0.550. The molecule has 0 spiro atoms. The molecular formula is C14H16BrNS. The van der Waals surface area contributed by atoms with E-state index in [9.17, 15) is 0 Å². The molecule has 0 atom stereocenters. The van der Waals surface area contributed by atoms with Crippen LogP contribution in [0.25, 0.3) is 0 Å². The van der Waals surface area contributed by atoms with Gasteiger partial charge in [0.15, 0.2) is 0 Å². The molecule has 3 heteroatoms. The molecule has 90 valence electrons. The number of hydrogen-bond donors (Lipinski definition) is 1. The summed E-state index contributed by atoms with van der Waals surface area (Å²) in [6.07, 6.45) is 0. The Morgan fingerprint density at radius 1 is 1.29 bits per heavy atom. The molecule has 0 aliphatic carbocycles. The zero-order chi connectivity index (χ0) is 12.3. The first-order chi connectivity index (χ1) is 8.16. The van der Waals surface area contributed by atoms with Crippen LogP contribution in [0.15, 0.2) is 40.2 Å². The van der Waals surface area contributed by atoms with Gasteiger partial charge in [0.05, 0.1) is 0 Å². The lowest BCUT2D eigenvalue weighted by molar-refractivity contribution is 0.866. The van der Waals surface area contributed by atoms with Gasteiger partial charge in [-0.1, -0.05) is 32.0 Å². The highest BCUT2D eigenvalue weighted by molar-refractivity contribution is 9.10. The second kappa shape index (κ2) is 5.69. The summed E-state index contributed by atoms with van der Waals surface area (Å²) in [5.74, 6) is 0.550. The third-order valence-corrected chi connectivity index (χ3v) is 4.36. The Morgan fingerprint density at radius 2 is 2.06 bits per heavy atom. The van der Waals surface area contributed by atoms with E-state index in [1.54, 1.807) is 11.3 Å². The van der Waals surface area contributed by atoms with Crippen LogP contribution in [0.1, 0.15) is 30.2 Å². The standard InChI is InChI=1S/C14H16BrNS/c1-10(2)13-5-3-4-6-14(13)16-8-12-7-11(15)9-17-12/h3-7,9-10,16H,8H2,1-2H3. The maximum absolute atomic E-state index is 3.51. The number of thiophene rings is 1. The zero-order valence-corrected chi connectivity index (χ0v) is 12.4. The van der Waals surface area contributed by atoms with Crippen LogP contribution >= 0.6 is 27.3 Å². The Morgan fingerprint density at radius 3 is 2.71 bits per heavy atom. The van der Waals surface area contributed by atoms with Gasteiger partial charge in [0.2, 0.25) is 0 Å². The summed E-state index contributed by atoms with van der Waals surface area (Å²) in [7, 11) is 0. The second-order valence-electron chi connectivity index (χ2n) is 4.33. The van der Waals surface area contributed by atoms with Gasteiger partial charge in [-0.25, -0.2) is 0 Å². The summed E-state index contributed by atoms with van der Waals surface area (Å²) in [6, 6.07) is 10.7. The Bertz CT molecular complexity index is 490. The van der Waals surface area contributed by atoms with Crippen molar-refractivity contribution in [3.63, 3.8) is 0 Å². The molecule has 2 rings (SSSR count). The molecule has 0 unspecified atom stereocenters. The van der Waals surface area contributed by atoms with Crippen LogP contribution < -0.4 is 5.32 Å². The van der Waals surface area contributed by atoms with Crippen molar-refractivity contribution in [1.29, 1.82) is 0 Å². The Balaban J connectivity index is 2.08.